The Morgan fingerprint density at radius 3 is 2.00 bits per heavy atom. The first-order valence-electron chi connectivity index (χ1n) is 23.3. The first-order valence-corrected chi connectivity index (χ1v) is 26.6. The summed E-state index contributed by atoms with van der Waals surface area (Å²) < 4.78 is 22.5. The summed E-state index contributed by atoms with van der Waals surface area (Å²) >= 11 is 1.85. The molecule has 0 aliphatic rings. The number of pyridine rings is 1. The minimum atomic E-state index is -1.70. The number of para-hydroxylation sites is 2. The van der Waals surface area contributed by atoms with Crippen LogP contribution >= 0.6 is 11.3 Å². The van der Waals surface area contributed by atoms with Crippen molar-refractivity contribution in [2.45, 2.75) is 100 Å². The number of fused-ring (bicyclic) bond motifs is 4. The van der Waals surface area contributed by atoms with E-state index in [9.17, 15) is 0 Å². The van der Waals surface area contributed by atoms with Gasteiger partial charge in [-0.25, -0.2) is 0 Å². The van der Waals surface area contributed by atoms with Crippen molar-refractivity contribution in [1.29, 1.82) is 0 Å². The normalized spacial score (nSPS) is 12.7. The van der Waals surface area contributed by atoms with Gasteiger partial charge in [0.1, 0.15) is 0 Å². The molecule has 6 aromatic carbocycles. The van der Waals surface area contributed by atoms with Gasteiger partial charge in [0.15, 0.2) is 0 Å². The van der Waals surface area contributed by atoms with Crippen LogP contribution in [0.5, 0.6) is 0 Å². The minimum absolute atomic E-state index is 0. The molecule has 0 saturated carbocycles. The van der Waals surface area contributed by atoms with Crippen LogP contribution in [0.1, 0.15) is 90.9 Å². The van der Waals surface area contributed by atoms with E-state index in [2.05, 4.69) is 174 Å². The fraction of sp³-hybridized carbons (Fsp3) is 0.276. The second-order valence-electron chi connectivity index (χ2n) is 19.6. The quantitative estimate of drug-likeness (QED) is 0.112. The summed E-state index contributed by atoms with van der Waals surface area (Å²) in [5, 5.41) is 3.68. The fourth-order valence-electron chi connectivity index (χ4n) is 8.41. The van der Waals surface area contributed by atoms with Gasteiger partial charge in [-0.2, -0.15) is 11.3 Å². The summed E-state index contributed by atoms with van der Waals surface area (Å²) in [5.74, 6) is 1.60. The number of hydrogen-bond donors (Lipinski definition) is 0. The molecule has 3 aromatic heterocycles. The van der Waals surface area contributed by atoms with Gasteiger partial charge >= 0.3 is 0 Å². The molecule has 1 radical (unpaired) electrons. The van der Waals surface area contributed by atoms with E-state index in [1.54, 1.807) is 0 Å². The third-order valence-corrected chi connectivity index (χ3v) is 14.9. The predicted octanol–water partition coefficient (Wildman–Crippen LogP) is 16.1. The number of thiophene rings is 1. The van der Waals surface area contributed by atoms with Crippen molar-refractivity contribution in [3.05, 3.63) is 167 Å². The molecule has 0 N–H and O–H groups in total. The molecule has 6 heteroatoms. The first kappa shape index (κ1) is 44.2. The van der Waals surface area contributed by atoms with Crippen LogP contribution in [0.2, 0.25) is 19.6 Å². The van der Waals surface area contributed by atoms with Crippen molar-refractivity contribution < 1.29 is 22.8 Å². The van der Waals surface area contributed by atoms with Crippen LogP contribution in [-0.4, -0.2) is 22.6 Å². The Kier molecular flexibility index (Phi) is 13.0. The molecule has 9 aromatic rings. The monoisotopic (exact) mass is 1050 g/mol. The second-order valence-corrected chi connectivity index (χ2v) is 25.7. The molecule has 0 bridgehead atoms. The van der Waals surface area contributed by atoms with Crippen LogP contribution < -0.4 is 5.19 Å². The number of benzene rings is 6. The second kappa shape index (κ2) is 18.9. The molecule has 3 nitrogen and oxygen atoms in total. The van der Waals surface area contributed by atoms with E-state index < -0.39 is 19.9 Å². The standard InChI is InChI=1S/C39H35N2S.C19H26NSi.Ir/c1-23(2)30-21-29(27-12-8-7-9-13-27)22-31(24(3)4)38(30)41-35-15-11-10-14-34(35)40-39(41)28-16-17-36-33(20-28)32-18-25(5)26(6)19-37(32)42-36;1-19(2,3)13-16-12-17(15-10-8-7-9-11-15)20-14-18(16)21(4,5)6;/h7-15,17-24H,1-6H3;7-10,12,14H,13H2,1-6H3;/q2*-1;/i;13D2;. The van der Waals surface area contributed by atoms with E-state index in [0.29, 0.717) is 11.8 Å². The van der Waals surface area contributed by atoms with Crippen LogP contribution in [0.25, 0.3) is 70.7 Å². The maximum Gasteiger partial charge on any atom is 0.0798 e. The van der Waals surface area contributed by atoms with Gasteiger partial charge in [-0.15, -0.1) is 59.7 Å². The molecule has 0 amide bonds. The Balaban J connectivity index is 0.000000230. The van der Waals surface area contributed by atoms with E-state index >= 15 is 0 Å². The zero-order chi connectivity index (χ0) is 46.6. The average molecular weight is 1050 g/mol. The summed E-state index contributed by atoms with van der Waals surface area (Å²) in [5.41, 5.74) is 14.2. The number of rotatable bonds is 8. The van der Waals surface area contributed by atoms with E-state index in [-0.39, 0.29) is 20.1 Å². The Morgan fingerprint density at radius 1 is 0.719 bits per heavy atom. The molecule has 0 spiro atoms. The van der Waals surface area contributed by atoms with Gasteiger partial charge in [-0.3, -0.25) is 4.98 Å². The molecular formula is C58H61IrN3SSi-2. The average Bonchev–Trinajstić information content (AvgIpc) is 3.83. The van der Waals surface area contributed by atoms with Crippen LogP contribution in [0.15, 0.2) is 128 Å². The van der Waals surface area contributed by atoms with Crippen LogP contribution in [-0.2, 0) is 26.5 Å². The number of aryl methyl sites for hydroxylation is 2. The summed E-state index contributed by atoms with van der Waals surface area (Å²) in [4.78, 5) is 9.89. The van der Waals surface area contributed by atoms with Gasteiger partial charge in [0.05, 0.1) is 24.9 Å². The zero-order valence-corrected chi connectivity index (χ0v) is 43.6. The third kappa shape index (κ3) is 9.82. The van der Waals surface area contributed by atoms with Crippen molar-refractivity contribution in [3.8, 4) is 39.5 Å². The van der Waals surface area contributed by atoms with E-state index in [1.165, 1.54) is 59.2 Å². The van der Waals surface area contributed by atoms with Crippen molar-refractivity contribution in [3.63, 3.8) is 0 Å². The maximum absolute atomic E-state index is 8.75. The molecule has 3 heterocycles. The number of hydrogen-bond acceptors (Lipinski definition) is 3. The first-order chi connectivity index (χ1) is 30.7. The number of nitrogens with zero attached hydrogens (tertiary/aromatic N) is 3. The molecule has 0 fully saturated rings. The Labute approximate surface area is 403 Å². The number of imidazole rings is 1. The molecule has 9 rings (SSSR count). The van der Waals surface area contributed by atoms with Gasteiger partial charge in [0.25, 0.3) is 0 Å². The Hall–Kier alpha value is -4.97. The summed E-state index contributed by atoms with van der Waals surface area (Å²) in [6.45, 7) is 26.2. The van der Waals surface area contributed by atoms with Crippen LogP contribution in [0, 0.1) is 31.4 Å². The SMILES string of the molecule is Cc1cc2sc3c[c-]c(-c4nc5ccccc5n4-c4c(C(C)C)cc(-c5ccccc5)cc4C(C)C)cc3c2cc1C.[2H]C([2H])(c1cc(-c2[c-]cccc2)ncc1[Si](C)(C)C)C(C)(C)C.[Ir]. The van der Waals surface area contributed by atoms with E-state index in [1.807, 2.05) is 68.6 Å². The predicted molar refractivity (Wildman–Crippen MR) is 276 cm³/mol. The van der Waals surface area contributed by atoms with Crippen molar-refractivity contribution in [2.24, 2.45) is 5.41 Å². The smallest absolute Gasteiger partial charge is 0.0798 e. The molecule has 0 saturated heterocycles. The molecule has 0 atom stereocenters. The van der Waals surface area contributed by atoms with Crippen molar-refractivity contribution in [2.75, 3.05) is 0 Å². The van der Waals surface area contributed by atoms with Gasteiger partial charge in [-0.05, 0) is 122 Å². The maximum atomic E-state index is 8.75. The zero-order valence-electron chi connectivity index (χ0n) is 41.4. The van der Waals surface area contributed by atoms with Crippen LogP contribution in [0.3, 0.4) is 0 Å². The molecule has 0 aliphatic carbocycles. The van der Waals surface area contributed by atoms with Gasteiger partial charge in [-0.1, -0.05) is 134 Å². The topological polar surface area (TPSA) is 30.7 Å². The van der Waals surface area contributed by atoms with E-state index in [4.69, 9.17) is 7.73 Å². The van der Waals surface area contributed by atoms with Crippen molar-refractivity contribution in [1.82, 2.24) is 14.5 Å². The Morgan fingerprint density at radius 2 is 1.36 bits per heavy atom. The van der Waals surface area contributed by atoms with Crippen LogP contribution in [0.4, 0.5) is 0 Å². The Bertz CT molecular complexity index is 3150. The fourth-order valence-corrected chi connectivity index (χ4v) is 11.0. The summed E-state index contributed by atoms with van der Waals surface area (Å²) in [7, 11) is -1.70. The minimum Gasteiger partial charge on any atom is -0.333 e. The van der Waals surface area contributed by atoms with E-state index in [0.717, 1.165) is 44.4 Å². The molecule has 329 valence electrons. The third-order valence-electron chi connectivity index (χ3n) is 11.8. The molecular weight excluding hydrogens is 991 g/mol. The molecule has 0 aliphatic heterocycles. The summed E-state index contributed by atoms with van der Waals surface area (Å²) in [6.07, 6.45) is 0.469. The van der Waals surface area contributed by atoms with Gasteiger partial charge in [0, 0.05) is 39.4 Å². The van der Waals surface area contributed by atoms with Gasteiger partial charge < -0.3 is 9.55 Å². The molecule has 64 heavy (non-hydrogen) atoms. The van der Waals surface area contributed by atoms with Gasteiger partial charge in [0.2, 0.25) is 0 Å². The van der Waals surface area contributed by atoms with Crippen molar-refractivity contribution >= 4 is 55.8 Å². The molecule has 0 unspecified atom stereocenters. The summed E-state index contributed by atoms with van der Waals surface area (Å²) in [6, 6.07) is 49.7. The largest absolute Gasteiger partial charge is 0.333 e. The number of aromatic nitrogens is 3.